The monoisotopic (exact) mass is 634 g/mol. The standard InChI is InChI=1S/C19H21FN8O8P2S2/c20-12-10-6-33-37(30,39)32-5-4-27-11(24-9-2-1-3-22-15(9)27)7-34-38(31,40)36-14(12)18(35-10)28-8-23-13-16(28)25-19(21)26-17(13)29/h1-3,8,10,12,14,18H,4-7H2,(H,30,39)(H,31,40)(H3,21,25,26,29)/t10-,12-,14-,18-,37?,38?/m1/s1. The third-order valence-corrected chi connectivity index (χ3v) is 9.43. The molecule has 3 N–H and O–H groups in total. The lowest BCUT2D eigenvalue weighted by molar-refractivity contribution is -0.0444. The maximum absolute atomic E-state index is 15.8. The Hall–Kier alpha value is -2.34. The van der Waals surface area contributed by atoms with Crippen LogP contribution in [-0.2, 0) is 45.1 Å². The number of rotatable bonds is 1. The Morgan fingerprint density at radius 3 is 2.77 bits per heavy atom. The summed E-state index contributed by atoms with van der Waals surface area (Å²) in [5, 5.41) is 0. The maximum atomic E-state index is 15.8. The fourth-order valence-corrected chi connectivity index (χ4v) is 6.96. The molecule has 0 aliphatic carbocycles. The molecule has 0 radical (unpaired) electrons. The second kappa shape index (κ2) is 10.5. The van der Waals surface area contributed by atoms with Crippen LogP contribution in [0, 0.1) is 0 Å². The van der Waals surface area contributed by atoms with E-state index in [1.807, 2.05) is 0 Å². The molecule has 0 amide bonds. The van der Waals surface area contributed by atoms with Gasteiger partial charge in [-0.25, -0.2) is 28.5 Å². The number of hydrogen-bond donors (Lipinski definition) is 4. The highest BCUT2D eigenvalue weighted by Gasteiger charge is 2.51. The molecule has 2 aliphatic heterocycles. The molecule has 6 atom stereocenters. The number of aromatic amines is 1. The number of pyridine rings is 1. The molecule has 4 aromatic rings. The fourth-order valence-electron chi connectivity index (χ4n) is 4.42. The topological polar surface area (TPSA) is 201 Å². The molecule has 0 saturated carbocycles. The molecule has 2 unspecified atom stereocenters. The summed E-state index contributed by atoms with van der Waals surface area (Å²) in [6.07, 6.45) is -3.73. The molecule has 2 aliphatic rings. The number of halogens is 1. The van der Waals surface area contributed by atoms with Gasteiger partial charge in [0.1, 0.15) is 30.2 Å². The highest BCUT2D eigenvalue weighted by Crippen LogP contribution is 2.58. The first-order chi connectivity index (χ1) is 19.0. The molecule has 0 spiro atoms. The number of fused-ring (bicyclic) bond motifs is 6. The Bertz CT molecular complexity index is 1750. The third kappa shape index (κ3) is 5.33. The summed E-state index contributed by atoms with van der Waals surface area (Å²) in [7, 11) is 0. The lowest BCUT2D eigenvalue weighted by atomic mass is 10.1. The number of hydrogen-bond acceptors (Lipinski definition) is 13. The summed E-state index contributed by atoms with van der Waals surface area (Å²) in [5.41, 5.74) is 5.84. The molecule has 1 fully saturated rings. The molecule has 21 heteroatoms. The van der Waals surface area contributed by atoms with E-state index >= 15 is 4.39 Å². The van der Waals surface area contributed by atoms with Crippen LogP contribution >= 0.6 is 38.1 Å². The van der Waals surface area contributed by atoms with Crippen molar-refractivity contribution in [3.8, 4) is 0 Å². The van der Waals surface area contributed by atoms with E-state index in [0.29, 0.717) is 11.2 Å². The minimum atomic E-state index is -4.29. The number of nitrogen functional groups attached to an aromatic ring is 1. The number of thiol groups is 2. The second-order valence-corrected chi connectivity index (χ2v) is 14.5. The number of nitrogens with two attached hydrogens (primary N) is 1. The fraction of sp³-hybridized carbons (Fsp3) is 0.421. The quantitative estimate of drug-likeness (QED) is 0.176. The molecule has 1 saturated heterocycles. The number of imidazole rings is 2. The molecule has 6 heterocycles. The first-order valence-electron chi connectivity index (χ1n) is 11.6. The van der Waals surface area contributed by atoms with E-state index in [4.69, 9.17) is 28.6 Å². The van der Waals surface area contributed by atoms with Gasteiger partial charge in [-0.3, -0.25) is 32.4 Å². The molecule has 4 aromatic heterocycles. The minimum Gasteiger partial charge on any atom is -0.369 e. The van der Waals surface area contributed by atoms with E-state index in [0.717, 1.165) is 6.33 Å². The predicted molar refractivity (Wildman–Crippen MR) is 144 cm³/mol. The molecule has 40 heavy (non-hydrogen) atoms. The van der Waals surface area contributed by atoms with Crippen LogP contribution in [0.5, 0.6) is 0 Å². The smallest absolute Gasteiger partial charge is 0.369 e. The summed E-state index contributed by atoms with van der Waals surface area (Å²) < 4.78 is 72.4. The number of alkyl halides is 1. The normalized spacial score (nSPS) is 32.1. The SMILES string of the molecule is Nc1nc2c(ncn2[C@@H]2O[C@@H]3COP(=O)(S)OCCn4c(nc5cccnc54)COP(=O)(S)O[C@@H]2[C@@H]3F)c(=O)[nH]1. The van der Waals surface area contributed by atoms with E-state index in [1.54, 1.807) is 22.9 Å². The zero-order valence-corrected chi connectivity index (χ0v) is 23.7. The van der Waals surface area contributed by atoms with Crippen molar-refractivity contribution in [1.29, 1.82) is 0 Å². The molecule has 2 bridgehead atoms. The highest BCUT2D eigenvalue weighted by atomic mass is 32.7. The van der Waals surface area contributed by atoms with Gasteiger partial charge in [-0.1, -0.05) is 24.5 Å². The van der Waals surface area contributed by atoms with Gasteiger partial charge in [-0.15, -0.1) is 0 Å². The Morgan fingerprint density at radius 1 is 1.12 bits per heavy atom. The van der Waals surface area contributed by atoms with Gasteiger partial charge in [-0.2, -0.15) is 4.98 Å². The number of anilines is 1. The van der Waals surface area contributed by atoms with Gasteiger partial charge < -0.3 is 15.0 Å². The summed E-state index contributed by atoms with van der Waals surface area (Å²) in [6.45, 7) is -9.27. The van der Waals surface area contributed by atoms with Gasteiger partial charge >= 0.3 is 13.6 Å². The average molecular weight is 635 g/mol. The predicted octanol–water partition coefficient (Wildman–Crippen LogP) is 2.41. The van der Waals surface area contributed by atoms with Crippen LogP contribution in [-0.4, -0.2) is 65.6 Å². The van der Waals surface area contributed by atoms with Crippen LogP contribution in [0.25, 0.3) is 22.3 Å². The number of nitrogens with zero attached hydrogens (tertiary/aromatic N) is 6. The minimum absolute atomic E-state index is 0.0534. The zero-order chi connectivity index (χ0) is 28.2. The van der Waals surface area contributed by atoms with Crippen LogP contribution in [0.3, 0.4) is 0 Å². The summed E-state index contributed by atoms with van der Waals surface area (Å²) >= 11 is 8.04. The lowest BCUT2D eigenvalue weighted by Crippen LogP contribution is -2.31. The largest absolute Gasteiger partial charge is 0.387 e. The number of H-pyrrole nitrogens is 1. The van der Waals surface area contributed by atoms with Crippen LogP contribution < -0.4 is 11.3 Å². The van der Waals surface area contributed by atoms with Crippen LogP contribution in [0.4, 0.5) is 10.3 Å². The van der Waals surface area contributed by atoms with Gasteiger partial charge in [0, 0.05) is 12.7 Å². The summed E-state index contributed by atoms with van der Waals surface area (Å²) in [5.74, 6) is 0.0444. The third-order valence-electron chi connectivity index (χ3n) is 6.15. The number of nitrogens with one attached hydrogen (secondary N) is 1. The Kier molecular flexibility index (Phi) is 7.29. The average Bonchev–Trinajstić information content (AvgIpc) is 3.55. The molecule has 214 valence electrons. The maximum Gasteiger partial charge on any atom is 0.387 e. The summed E-state index contributed by atoms with van der Waals surface area (Å²) in [6, 6.07) is 3.39. The van der Waals surface area contributed by atoms with Crippen molar-refractivity contribution in [2.75, 3.05) is 18.9 Å². The van der Waals surface area contributed by atoms with Gasteiger partial charge in [0.15, 0.2) is 29.2 Å². The van der Waals surface area contributed by atoms with Crippen molar-refractivity contribution in [1.82, 2.24) is 34.1 Å². The molecule has 0 aromatic carbocycles. The van der Waals surface area contributed by atoms with Gasteiger partial charge in [0.25, 0.3) is 5.56 Å². The second-order valence-electron chi connectivity index (χ2n) is 8.72. The molecule has 6 rings (SSSR count). The van der Waals surface area contributed by atoms with Crippen molar-refractivity contribution in [2.24, 2.45) is 0 Å². The van der Waals surface area contributed by atoms with E-state index in [-0.39, 0.29) is 42.7 Å². The van der Waals surface area contributed by atoms with Crippen molar-refractivity contribution in [3.05, 3.63) is 40.8 Å². The first kappa shape index (κ1) is 27.8. The van der Waals surface area contributed by atoms with Crippen molar-refractivity contribution >= 4 is 66.4 Å². The van der Waals surface area contributed by atoms with Gasteiger partial charge in [0.05, 0.1) is 19.5 Å². The molecule has 16 nitrogen and oxygen atoms in total. The van der Waals surface area contributed by atoms with Crippen molar-refractivity contribution < 1.29 is 36.4 Å². The van der Waals surface area contributed by atoms with Crippen LogP contribution in [0.2, 0.25) is 0 Å². The summed E-state index contributed by atoms with van der Waals surface area (Å²) in [4.78, 5) is 31.4. The van der Waals surface area contributed by atoms with Crippen LogP contribution in [0.1, 0.15) is 12.1 Å². The van der Waals surface area contributed by atoms with E-state index in [2.05, 4.69) is 49.4 Å². The lowest BCUT2D eigenvalue weighted by Gasteiger charge is -2.24. The Morgan fingerprint density at radius 2 is 1.95 bits per heavy atom. The van der Waals surface area contributed by atoms with Crippen molar-refractivity contribution in [3.63, 3.8) is 0 Å². The Balaban J connectivity index is 1.38. The molecular formula is C19H21FN8O8P2S2. The molecular weight excluding hydrogens is 613 g/mol. The van der Waals surface area contributed by atoms with E-state index in [1.165, 1.54) is 4.57 Å². The Labute approximate surface area is 234 Å². The van der Waals surface area contributed by atoms with Crippen molar-refractivity contribution in [2.45, 2.75) is 37.8 Å². The first-order valence-corrected chi connectivity index (χ1v) is 17.0. The number of aromatic nitrogens is 7. The van der Waals surface area contributed by atoms with Crippen LogP contribution in [0.15, 0.2) is 29.5 Å². The number of ether oxygens (including phenoxy) is 1. The van der Waals surface area contributed by atoms with E-state index < -0.39 is 50.4 Å². The highest BCUT2D eigenvalue weighted by molar-refractivity contribution is 8.44. The zero-order valence-electron chi connectivity index (χ0n) is 20.1. The van der Waals surface area contributed by atoms with Gasteiger partial charge in [0.2, 0.25) is 5.95 Å². The van der Waals surface area contributed by atoms with Gasteiger partial charge in [-0.05, 0) is 12.1 Å². The van der Waals surface area contributed by atoms with E-state index in [9.17, 15) is 13.9 Å².